The zero-order valence-electron chi connectivity index (χ0n) is 12.8. The summed E-state index contributed by atoms with van der Waals surface area (Å²) < 4.78 is 0. The summed E-state index contributed by atoms with van der Waals surface area (Å²) in [4.78, 5) is 2.52. The quantitative estimate of drug-likeness (QED) is 0.881. The lowest BCUT2D eigenvalue weighted by Gasteiger charge is -2.39. The SMILES string of the molecule is CNC(C)c1ccccc1N(C)C1CCCCC1C. The fraction of sp³-hybridized carbons (Fsp3) is 0.647. The molecule has 1 aliphatic carbocycles. The standard InChI is InChI=1S/C17H28N2/c1-13-9-5-7-11-16(13)19(4)17-12-8-6-10-15(17)14(2)18-3/h6,8,10,12-14,16,18H,5,7,9,11H2,1-4H3. The molecule has 0 amide bonds. The Morgan fingerprint density at radius 2 is 1.89 bits per heavy atom. The van der Waals surface area contributed by atoms with Gasteiger partial charge in [-0.25, -0.2) is 0 Å². The van der Waals surface area contributed by atoms with Gasteiger partial charge in [0.1, 0.15) is 0 Å². The Hall–Kier alpha value is -1.02. The summed E-state index contributed by atoms with van der Waals surface area (Å²) in [6, 6.07) is 9.91. The summed E-state index contributed by atoms with van der Waals surface area (Å²) in [5.41, 5.74) is 2.80. The van der Waals surface area contributed by atoms with Crippen molar-refractivity contribution in [1.29, 1.82) is 0 Å². The lowest BCUT2D eigenvalue weighted by Crippen LogP contribution is -2.39. The molecule has 0 heterocycles. The highest BCUT2D eigenvalue weighted by Crippen LogP contribution is 2.33. The first kappa shape index (κ1) is 14.4. The second-order valence-corrected chi connectivity index (χ2v) is 6.01. The van der Waals surface area contributed by atoms with E-state index < -0.39 is 0 Å². The second kappa shape index (κ2) is 6.42. The molecule has 1 aromatic carbocycles. The number of hydrogen-bond donors (Lipinski definition) is 1. The van der Waals surface area contributed by atoms with E-state index >= 15 is 0 Å². The van der Waals surface area contributed by atoms with Crippen LogP contribution in [0.25, 0.3) is 0 Å². The maximum atomic E-state index is 3.36. The molecule has 3 unspecified atom stereocenters. The van der Waals surface area contributed by atoms with Crippen LogP contribution >= 0.6 is 0 Å². The van der Waals surface area contributed by atoms with Crippen molar-refractivity contribution in [3.8, 4) is 0 Å². The van der Waals surface area contributed by atoms with Gasteiger partial charge in [0.25, 0.3) is 0 Å². The van der Waals surface area contributed by atoms with Crippen LogP contribution in [0.4, 0.5) is 5.69 Å². The molecule has 0 aromatic heterocycles. The van der Waals surface area contributed by atoms with E-state index in [4.69, 9.17) is 0 Å². The Labute approximate surface area is 118 Å². The van der Waals surface area contributed by atoms with E-state index in [1.54, 1.807) is 0 Å². The van der Waals surface area contributed by atoms with E-state index in [9.17, 15) is 0 Å². The molecule has 0 spiro atoms. The third-order valence-electron chi connectivity index (χ3n) is 4.78. The molecular formula is C17H28N2. The predicted molar refractivity (Wildman–Crippen MR) is 83.7 cm³/mol. The van der Waals surface area contributed by atoms with Crippen LogP contribution in [-0.2, 0) is 0 Å². The average Bonchev–Trinajstić information content (AvgIpc) is 2.46. The predicted octanol–water partition coefficient (Wildman–Crippen LogP) is 3.98. The molecule has 0 saturated heterocycles. The molecule has 2 nitrogen and oxygen atoms in total. The summed E-state index contributed by atoms with van der Waals surface area (Å²) in [5, 5.41) is 3.36. The smallest absolute Gasteiger partial charge is 0.0414 e. The van der Waals surface area contributed by atoms with E-state index in [1.165, 1.54) is 36.9 Å². The van der Waals surface area contributed by atoms with E-state index in [0.717, 1.165) is 5.92 Å². The van der Waals surface area contributed by atoms with Crippen molar-refractivity contribution >= 4 is 5.69 Å². The monoisotopic (exact) mass is 260 g/mol. The van der Waals surface area contributed by atoms with Crippen molar-refractivity contribution in [2.75, 3.05) is 19.0 Å². The third kappa shape index (κ3) is 3.11. The number of nitrogens with one attached hydrogen (secondary N) is 1. The molecule has 0 radical (unpaired) electrons. The summed E-state index contributed by atoms with van der Waals surface area (Å²) in [7, 11) is 4.30. The molecule has 1 fully saturated rings. The largest absolute Gasteiger partial charge is 0.371 e. The Morgan fingerprint density at radius 3 is 2.58 bits per heavy atom. The van der Waals surface area contributed by atoms with E-state index in [1.807, 2.05) is 7.05 Å². The normalized spacial score (nSPS) is 25.1. The Kier molecular flexibility index (Phi) is 4.87. The van der Waals surface area contributed by atoms with Gasteiger partial charge in [0, 0.05) is 24.8 Å². The first-order chi connectivity index (χ1) is 9.15. The molecular weight excluding hydrogens is 232 g/mol. The molecule has 19 heavy (non-hydrogen) atoms. The first-order valence-corrected chi connectivity index (χ1v) is 7.64. The summed E-state index contributed by atoms with van der Waals surface area (Å²) in [6.45, 7) is 4.64. The van der Waals surface area contributed by atoms with Crippen molar-refractivity contribution in [2.24, 2.45) is 5.92 Å². The molecule has 1 aromatic rings. The zero-order chi connectivity index (χ0) is 13.8. The van der Waals surface area contributed by atoms with Crippen LogP contribution in [0, 0.1) is 5.92 Å². The lowest BCUT2D eigenvalue weighted by molar-refractivity contribution is 0.321. The summed E-state index contributed by atoms with van der Waals surface area (Å²) in [5.74, 6) is 0.802. The fourth-order valence-electron chi connectivity index (χ4n) is 3.38. The van der Waals surface area contributed by atoms with Crippen molar-refractivity contribution in [2.45, 2.75) is 51.6 Å². The van der Waals surface area contributed by atoms with E-state index in [-0.39, 0.29) is 0 Å². The van der Waals surface area contributed by atoms with Gasteiger partial charge in [0.15, 0.2) is 0 Å². The van der Waals surface area contributed by atoms with Gasteiger partial charge in [-0.3, -0.25) is 0 Å². The van der Waals surface area contributed by atoms with Gasteiger partial charge in [-0.05, 0) is 44.4 Å². The van der Waals surface area contributed by atoms with Crippen molar-refractivity contribution in [3.63, 3.8) is 0 Å². The van der Waals surface area contributed by atoms with Crippen LogP contribution in [0.5, 0.6) is 0 Å². The Bertz CT molecular complexity index is 402. The van der Waals surface area contributed by atoms with Crippen molar-refractivity contribution < 1.29 is 0 Å². The molecule has 106 valence electrons. The van der Waals surface area contributed by atoms with Gasteiger partial charge in [0.05, 0.1) is 0 Å². The average molecular weight is 260 g/mol. The van der Waals surface area contributed by atoms with Gasteiger partial charge < -0.3 is 10.2 Å². The number of nitrogens with zero attached hydrogens (tertiary/aromatic N) is 1. The van der Waals surface area contributed by atoms with Crippen LogP contribution < -0.4 is 10.2 Å². The Balaban J connectivity index is 2.25. The first-order valence-electron chi connectivity index (χ1n) is 7.64. The summed E-state index contributed by atoms with van der Waals surface area (Å²) in [6.07, 6.45) is 5.49. The maximum Gasteiger partial charge on any atom is 0.0414 e. The molecule has 1 N–H and O–H groups in total. The fourth-order valence-corrected chi connectivity index (χ4v) is 3.38. The molecule has 0 bridgehead atoms. The Morgan fingerprint density at radius 1 is 1.21 bits per heavy atom. The van der Waals surface area contributed by atoms with Gasteiger partial charge >= 0.3 is 0 Å². The molecule has 3 atom stereocenters. The zero-order valence-corrected chi connectivity index (χ0v) is 12.8. The van der Waals surface area contributed by atoms with Gasteiger partial charge in [-0.1, -0.05) is 38.0 Å². The van der Waals surface area contributed by atoms with E-state index in [0.29, 0.717) is 12.1 Å². The summed E-state index contributed by atoms with van der Waals surface area (Å²) >= 11 is 0. The van der Waals surface area contributed by atoms with Crippen molar-refractivity contribution in [3.05, 3.63) is 29.8 Å². The number of para-hydroxylation sites is 1. The molecule has 2 heteroatoms. The van der Waals surface area contributed by atoms with Crippen LogP contribution in [0.2, 0.25) is 0 Å². The lowest BCUT2D eigenvalue weighted by atomic mass is 9.84. The highest BCUT2D eigenvalue weighted by atomic mass is 15.1. The van der Waals surface area contributed by atoms with E-state index in [2.05, 4.69) is 55.4 Å². The third-order valence-corrected chi connectivity index (χ3v) is 4.78. The van der Waals surface area contributed by atoms with Gasteiger partial charge in [-0.15, -0.1) is 0 Å². The van der Waals surface area contributed by atoms with Crippen molar-refractivity contribution in [1.82, 2.24) is 5.32 Å². The molecule has 0 aliphatic heterocycles. The minimum atomic E-state index is 0.401. The minimum absolute atomic E-state index is 0.401. The van der Waals surface area contributed by atoms with Gasteiger partial charge in [-0.2, -0.15) is 0 Å². The molecule has 1 saturated carbocycles. The minimum Gasteiger partial charge on any atom is -0.371 e. The maximum absolute atomic E-state index is 3.36. The molecule has 2 rings (SSSR count). The number of benzene rings is 1. The number of hydrogen-bond acceptors (Lipinski definition) is 2. The van der Waals surface area contributed by atoms with Crippen LogP contribution in [0.3, 0.4) is 0 Å². The number of anilines is 1. The van der Waals surface area contributed by atoms with Crippen LogP contribution in [0.15, 0.2) is 24.3 Å². The highest BCUT2D eigenvalue weighted by molar-refractivity contribution is 5.55. The van der Waals surface area contributed by atoms with Gasteiger partial charge in [0.2, 0.25) is 0 Å². The second-order valence-electron chi connectivity index (χ2n) is 6.01. The molecule has 1 aliphatic rings. The van der Waals surface area contributed by atoms with Crippen LogP contribution in [0.1, 0.15) is 51.1 Å². The number of rotatable bonds is 4. The van der Waals surface area contributed by atoms with Crippen LogP contribution in [-0.4, -0.2) is 20.1 Å². The highest BCUT2D eigenvalue weighted by Gasteiger charge is 2.26. The topological polar surface area (TPSA) is 15.3 Å².